The summed E-state index contributed by atoms with van der Waals surface area (Å²) in [5.41, 5.74) is 7.45. The van der Waals surface area contributed by atoms with Crippen LogP contribution in [0.5, 0.6) is 0 Å². The molecule has 30 heavy (non-hydrogen) atoms. The van der Waals surface area contributed by atoms with Crippen molar-refractivity contribution >= 4 is 34.7 Å². The summed E-state index contributed by atoms with van der Waals surface area (Å²) in [4.78, 5) is 37.1. The fourth-order valence-corrected chi connectivity index (χ4v) is 4.17. The van der Waals surface area contributed by atoms with Gasteiger partial charge in [-0.2, -0.15) is 0 Å². The first-order valence-electron chi connectivity index (χ1n) is 9.60. The van der Waals surface area contributed by atoms with E-state index in [0.29, 0.717) is 31.7 Å². The molecule has 154 valence electrons. The molecule has 0 spiro atoms. The highest BCUT2D eigenvalue weighted by atomic mass is 19.1. The first kappa shape index (κ1) is 18.3. The van der Waals surface area contributed by atoms with Crippen LogP contribution >= 0.6 is 0 Å². The molecule has 0 aromatic carbocycles. The predicted octanol–water partition coefficient (Wildman–Crippen LogP) is 0.909. The van der Waals surface area contributed by atoms with E-state index in [4.69, 9.17) is 5.73 Å². The minimum Gasteiger partial charge on any atom is -0.381 e. The van der Waals surface area contributed by atoms with E-state index in [0.717, 1.165) is 29.0 Å². The SMILES string of the molecule is Nc1nn2cc(F)cnc2c1C(=O)Nc1cnccc1N1CCN2C(=O)CCC2C1. The van der Waals surface area contributed by atoms with Crippen molar-refractivity contribution < 1.29 is 14.0 Å². The molecule has 2 aliphatic rings. The van der Waals surface area contributed by atoms with Gasteiger partial charge in [-0.3, -0.25) is 14.6 Å². The minimum absolute atomic E-state index is 0.0471. The number of nitrogens with two attached hydrogens (primary N) is 1. The molecule has 0 bridgehead atoms. The Morgan fingerprint density at radius 3 is 3.03 bits per heavy atom. The van der Waals surface area contributed by atoms with E-state index in [9.17, 15) is 14.0 Å². The highest BCUT2D eigenvalue weighted by Gasteiger charge is 2.36. The summed E-state index contributed by atoms with van der Waals surface area (Å²) in [5, 5.41) is 6.80. The van der Waals surface area contributed by atoms with Gasteiger partial charge in [0.15, 0.2) is 17.3 Å². The number of hydrogen-bond donors (Lipinski definition) is 2. The molecular weight excluding hydrogens is 391 g/mol. The summed E-state index contributed by atoms with van der Waals surface area (Å²) in [5.74, 6) is -0.939. The molecule has 3 aromatic heterocycles. The number of aromatic nitrogens is 4. The predicted molar refractivity (Wildman–Crippen MR) is 106 cm³/mol. The highest BCUT2D eigenvalue weighted by molar-refractivity contribution is 6.12. The molecule has 0 aliphatic carbocycles. The van der Waals surface area contributed by atoms with Crippen molar-refractivity contribution in [2.75, 3.05) is 35.6 Å². The fourth-order valence-electron chi connectivity index (χ4n) is 4.17. The topological polar surface area (TPSA) is 122 Å². The highest BCUT2D eigenvalue weighted by Crippen LogP contribution is 2.31. The van der Waals surface area contributed by atoms with Crippen LogP contribution in [-0.4, -0.2) is 62.0 Å². The first-order chi connectivity index (χ1) is 14.5. The Morgan fingerprint density at radius 2 is 2.17 bits per heavy atom. The third-order valence-electron chi connectivity index (χ3n) is 5.58. The van der Waals surface area contributed by atoms with Crippen molar-refractivity contribution in [2.24, 2.45) is 0 Å². The number of anilines is 3. The zero-order valence-electron chi connectivity index (χ0n) is 16.0. The average molecular weight is 410 g/mol. The molecule has 2 aliphatic heterocycles. The number of piperazine rings is 1. The monoisotopic (exact) mass is 410 g/mol. The molecule has 2 saturated heterocycles. The first-order valence-corrected chi connectivity index (χ1v) is 9.60. The van der Waals surface area contributed by atoms with Gasteiger partial charge in [0.1, 0.15) is 5.56 Å². The molecule has 2 amide bonds. The molecule has 3 N–H and O–H groups in total. The second-order valence-corrected chi connectivity index (χ2v) is 7.37. The maximum absolute atomic E-state index is 13.4. The van der Waals surface area contributed by atoms with Crippen molar-refractivity contribution in [3.8, 4) is 0 Å². The van der Waals surface area contributed by atoms with E-state index in [1.165, 1.54) is 0 Å². The third-order valence-corrected chi connectivity index (χ3v) is 5.58. The molecule has 5 heterocycles. The van der Waals surface area contributed by atoms with Gasteiger partial charge < -0.3 is 20.9 Å². The molecule has 11 heteroatoms. The standard InChI is InChI=1S/C19H19FN8O2/c20-11-7-23-18-16(17(21)25-28(18)9-11)19(30)24-13-8-22-4-3-14(13)26-5-6-27-12(10-26)1-2-15(27)29/h3-4,7-9,12H,1-2,5-6,10H2,(H2,21,25)(H,24,30). The van der Waals surface area contributed by atoms with Gasteiger partial charge in [-0.15, -0.1) is 5.10 Å². The zero-order chi connectivity index (χ0) is 20.8. The van der Waals surface area contributed by atoms with Gasteiger partial charge in [0.05, 0.1) is 30.0 Å². The normalized spacial score (nSPS) is 18.7. The van der Waals surface area contributed by atoms with Crippen LogP contribution in [0.3, 0.4) is 0 Å². The Kier molecular flexibility index (Phi) is 4.23. The van der Waals surface area contributed by atoms with Crippen LogP contribution in [0, 0.1) is 5.82 Å². The number of rotatable bonds is 3. The van der Waals surface area contributed by atoms with Crippen molar-refractivity contribution in [1.82, 2.24) is 24.5 Å². The van der Waals surface area contributed by atoms with Crippen molar-refractivity contribution in [3.63, 3.8) is 0 Å². The number of carbonyl (C=O) groups excluding carboxylic acids is 2. The number of nitrogen functional groups attached to an aromatic ring is 1. The Bertz CT molecular complexity index is 1160. The number of pyridine rings is 1. The molecule has 10 nitrogen and oxygen atoms in total. The van der Waals surface area contributed by atoms with Crippen molar-refractivity contribution in [2.45, 2.75) is 18.9 Å². The van der Waals surface area contributed by atoms with Crippen LogP contribution in [0.1, 0.15) is 23.2 Å². The van der Waals surface area contributed by atoms with Crippen LogP contribution in [0.4, 0.5) is 21.6 Å². The van der Waals surface area contributed by atoms with E-state index in [1.807, 2.05) is 11.0 Å². The molecule has 3 aromatic rings. The number of fused-ring (bicyclic) bond motifs is 2. The van der Waals surface area contributed by atoms with Gasteiger partial charge in [0.2, 0.25) is 5.91 Å². The Balaban J connectivity index is 1.42. The summed E-state index contributed by atoms with van der Waals surface area (Å²) in [6, 6.07) is 2.01. The lowest BCUT2D eigenvalue weighted by Crippen LogP contribution is -2.51. The van der Waals surface area contributed by atoms with Crippen LogP contribution in [0.15, 0.2) is 30.9 Å². The van der Waals surface area contributed by atoms with E-state index >= 15 is 0 Å². The number of hydrogen-bond acceptors (Lipinski definition) is 7. The van der Waals surface area contributed by atoms with Gasteiger partial charge >= 0.3 is 0 Å². The van der Waals surface area contributed by atoms with Crippen LogP contribution in [0.25, 0.3) is 5.65 Å². The minimum atomic E-state index is -0.587. The van der Waals surface area contributed by atoms with Gasteiger partial charge in [-0.25, -0.2) is 13.9 Å². The van der Waals surface area contributed by atoms with Crippen LogP contribution in [0.2, 0.25) is 0 Å². The van der Waals surface area contributed by atoms with Crippen molar-refractivity contribution in [1.29, 1.82) is 0 Å². The van der Waals surface area contributed by atoms with E-state index in [1.54, 1.807) is 12.4 Å². The second kappa shape index (κ2) is 6.94. The molecule has 0 radical (unpaired) electrons. The quantitative estimate of drug-likeness (QED) is 0.658. The summed E-state index contributed by atoms with van der Waals surface area (Å²) in [7, 11) is 0. The summed E-state index contributed by atoms with van der Waals surface area (Å²) in [6.07, 6.45) is 6.75. The average Bonchev–Trinajstić information content (AvgIpc) is 3.26. The molecule has 5 rings (SSSR count). The zero-order valence-corrected chi connectivity index (χ0v) is 16.0. The maximum Gasteiger partial charge on any atom is 0.263 e. The molecule has 0 saturated carbocycles. The van der Waals surface area contributed by atoms with Gasteiger partial charge in [-0.1, -0.05) is 0 Å². The number of nitrogens with zero attached hydrogens (tertiary/aromatic N) is 6. The lowest BCUT2D eigenvalue weighted by atomic mass is 10.1. The summed E-state index contributed by atoms with van der Waals surface area (Å²) >= 11 is 0. The van der Waals surface area contributed by atoms with Crippen LogP contribution in [-0.2, 0) is 4.79 Å². The summed E-state index contributed by atoms with van der Waals surface area (Å²) < 4.78 is 14.5. The second-order valence-electron chi connectivity index (χ2n) is 7.37. The molecule has 2 fully saturated rings. The van der Waals surface area contributed by atoms with E-state index in [2.05, 4.69) is 25.3 Å². The number of nitrogens with one attached hydrogen (secondary N) is 1. The Hall–Kier alpha value is -3.76. The van der Waals surface area contributed by atoms with Gasteiger partial charge in [-0.05, 0) is 12.5 Å². The number of amides is 2. The lowest BCUT2D eigenvalue weighted by molar-refractivity contribution is -0.129. The van der Waals surface area contributed by atoms with Gasteiger partial charge in [0.25, 0.3) is 5.91 Å². The van der Waals surface area contributed by atoms with E-state index in [-0.39, 0.29) is 29.0 Å². The smallest absolute Gasteiger partial charge is 0.263 e. The fraction of sp³-hybridized carbons (Fsp3) is 0.316. The lowest BCUT2D eigenvalue weighted by Gasteiger charge is -2.39. The van der Waals surface area contributed by atoms with E-state index < -0.39 is 11.7 Å². The summed E-state index contributed by atoms with van der Waals surface area (Å²) in [6.45, 7) is 2.00. The van der Waals surface area contributed by atoms with Crippen molar-refractivity contribution in [3.05, 3.63) is 42.2 Å². The molecule has 1 unspecified atom stereocenters. The molecule has 1 atom stereocenters. The Labute approximate surface area is 170 Å². The number of carbonyl (C=O) groups is 2. The molecular formula is C19H19FN8O2. The Morgan fingerprint density at radius 1 is 1.30 bits per heavy atom. The largest absolute Gasteiger partial charge is 0.381 e. The number of halogens is 1. The maximum atomic E-state index is 13.4. The van der Waals surface area contributed by atoms with Gasteiger partial charge in [0, 0.05) is 38.3 Å². The third kappa shape index (κ3) is 2.98. The van der Waals surface area contributed by atoms with Crippen LogP contribution < -0.4 is 16.0 Å².